The second-order valence-electron chi connectivity index (χ2n) is 8.05. The Morgan fingerprint density at radius 1 is 0.933 bits per heavy atom. The molecular formula is C25H27N3O2. The smallest absolute Gasteiger partial charge is 0.295 e. The summed E-state index contributed by atoms with van der Waals surface area (Å²) in [7, 11) is 0. The third-order valence-electron chi connectivity index (χ3n) is 5.98. The number of aryl methyl sites for hydroxylation is 1. The minimum absolute atomic E-state index is 0.410. The maximum absolute atomic E-state index is 13.1. The number of piperidine rings is 1. The minimum Gasteiger partial charge on any atom is -0.336 e. The van der Waals surface area contributed by atoms with Gasteiger partial charge in [0.1, 0.15) is 0 Å². The van der Waals surface area contributed by atoms with Crippen molar-refractivity contribution in [3.63, 3.8) is 0 Å². The van der Waals surface area contributed by atoms with E-state index in [0.717, 1.165) is 24.9 Å². The average Bonchev–Trinajstić information content (AvgIpc) is 3.08. The zero-order valence-electron chi connectivity index (χ0n) is 17.5. The molecule has 0 radical (unpaired) electrons. The molecule has 1 aliphatic heterocycles. The lowest BCUT2D eigenvalue weighted by Crippen LogP contribution is -2.42. The average molecular weight is 402 g/mol. The standard InChI is InChI=1S/C25H27N3O2/c1-18-23(19(2)28(26-18)22-11-7-4-8-12-22)24(29)25(30)27-15-13-21(14-16-27)17-20-9-5-3-6-10-20/h3-12,21H,13-17H2,1-2H3. The fourth-order valence-corrected chi connectivity index (χ4v) is 4.33. The summed E-state index contributed by atoms with van der Waals surface area (Å²) in [6.45, 7) is 4.90. The van der Waals surface area contributed by atoms with Gasteiger partial charge in [-0.3, -0.25) is 9.59 Å². The molecule has 5 heteroatoms. The number of rotatable bonds is 5. The third kappa shape index (κ3) is 4.06. The van der Waals surface area contributed by atoms with Crippen molar-refractivity contribution in [3.05, 3.63) is 83.2 Å². The second-order valence-corrected chi connectivity index (χ2v) is 8.05. The summed E-state index contributed by atoms with van der Waals surface area (Å²) in [6.07, 6.45) is 2.88. The Bertz CT molecular complexity index is 1030. The molecule has 2 heterocycles. The predicted molar refractivity (Wildman–Crippen MR) is 117 cm³/mol. The Hall–Kier alpha value is -3.21. The molecule has 0 saturated carbocycles. The van der Waals surface area contributed by atoms with Crippen LogP contribution in [0.15, 0.2) is 60.7 Å². The number of aromatic nitrogens is 2. The molecule has 0 spiro atoms. The van der Waals surface area contributed by atoms with Crippen molar-refractivity contribution in [2.45, 2.75) is 33.1 Å². The largest absolute Gasteiger partial charge is 0.336 e. The monoisotopic (exact) mass is 401 g/mol. The molecule has 0 bridgehead atoms. The molecular weight excluding hydrogens is 374 g/mol. The van der Waals surface area contributed by atoms with E-state index in [1.54, 1.807) is 16.5 Å². The number of carbonyl (C=O) groups is 2. The molecule has 1 saturated heterocycles. The first-order chi connectivity index (χ1) is 14.5. The normalized spacial score (nSPS) is 14.7. The van der Waals surface area contributed by atoms with Crippen molar-refractivity contribution in [1.82, 2.24) is 14.7 Å². The Kier molecular flexibility index (Phi) is 5.79. The van der Waals surface area contributed by atoms with Crippen molar-refractivity contribution in [2.24, 2.45) is 5.92 Å². The van der Waals surface area contributed by atoms with Gasteiger partial charge in [-0.2, -0.15) is 5.10 Å². The quantitative estimate of drug-likeness (QED) is 0.477. The fraction of sp³-hybridized carbons (Fsp3) is 0.320. The summed E-state index contributed by atoms with van der Waals surface area (Å²) in [4.78, 5) is 27.7. The lowest BCUT2D eigenvalue weighted by Gasteiger charge is -2.31. The van der Waals surface area contributed by atoms with E-state index in [1.165, 1.54) is 5.56 Å². The Labute approximate surface area is 177 Å². The summed E-state index contributed by atoms with van der Waals surface area (Å²) in [5.41, 5.74) is 3.93. The summed E-state index contributed by atoms with van der Waals surface area (Å²) in [5.74, 6) is -0.309. The number of amides is 1. The maximum Gasteiger partial charge on any atom is 0.295 e. The molecule has 1 fully saturated rings. The molecule has 1 amide bonds. The van der Waals surface area contributed by atoms with Gasteiger partial charge < -0.3 is 4.90 Å². The van der Waals surface area contributed by atoms with Crippen LogP contribution >= 0.6 is 0 Å². The lowest BCUT2D eigenvalue weighted by atomic mass is 9.90. The SMILES string of the molecule is Cc1nn(-c2ccccc2)c(C)c1C(=O)C(=O)N1CCC(Cc2ccccc2)CC1. The van der Waals surface area contributed by atoms with Gasteiger partial charge >= 0.3 is 0 Å². The van der Waals surface area contributed by atoms with E-state index in [1.807, 2.05) is 43.3 Å². The highest BCUT2D eigenvalue weighted by atomic mass is 16.2. The first kappa shape index (κ1) is 20.1. The summed E-state index contributed by atoms with van der Waals surface area (Å²) in [6, 6.07) is 20.1. The number of hydrogen-bond acceptors (Lipinski definition) is 3. The van der Waals surface area contributed by atoms with Crippen LogP contribution in [0.1, 0.15) is 40.2 Å². The first-order valence-corrected chi connectivity index (χ1v) is 10.5. The highest BCUT2D eigenvalue weighted by Crippen LogP contribution is 2.24. The van der Waals surface area contributed by atoms with Gasteiger partial charge in [0.05, 0.1) is 22.6 Å². The molecule has 1 aromatic heterocycles. The number of ketones is 1. The van der Waals surface area contributed by atoms with E-state index in [-0.39, 0.29) is 0 Å². The molecule has 4 rings (SSSR count). The molecule has 154 valence electrons. The van der Waals surface area contributed by atoms with Gasteiger partial charge in [-0.05, 0) is 56.7 Å². The van der Waals surface area contributed by atoms with Crippen LogP contribution in [0.5, 0.6) is 0 Å². The number of hydrogen-bond donors (Lipinski definition) is 0. The summed E-state index contributed by atoms with van der Waals surface area (Å²) < 4.78 is 1.74. The maximum atomic E-state index is 13.1. The van der Waals surface area contributed by atoms with Gasteiger partial charge in [0, 0.05) is 13.1 Å². The van der Waals surface area contributed by atoms with Gasteiger partial charge in [-0.1, -0.05) is 48.5 Å². The van der Waals surface area contributed by atoms with Crippen LogP contribution in [0.3, 0.4) is 0 Å². The number of para-hydroxylation sites is 1. The zero-order valence-corrected chi connectivity index (χ0v) is 17.5. The van der Waals surface area contributed by atoms with Gasteiger partial charge in [0.25, 0.3) is 11.7 Å². The Morgan fingerprint density at radius 3 is 2.17 bits per heavy atom. The Balaban J connectivity index is 1.43. The molecule has 1 aliphatic rings. The van der Waals surface area contributed by atoms with Crippen molar-refractivity contribution in [3.8, 4) is 5.69 Å². The van der Waals surface area contributed by atoms with Crippen molar-refractivity contribution in [2.75, 3.05) is 13.1 Å². The molecule has 0 atom stereocenters. The molecule has 0 N–H and O–H groups in total. The van der Waals surface area contributed by atoms with Crippen molar-refractivity contribution >= 4 is 11.7 Å². The predicted octanol–water partition coefficient (Wildman–Crippen LogP) is 4.15. The molecule has 0 aliphatic carbocycles. The summed E-state index contributed by atoms with van der Waals surface area (Å²) >= 11 is 0. The molecule has 5 nitrogen and oxygen atoms in total. The molecule has 30 heavy (non-hydrogen) atoms. The third-order valence-corrected chi connectivity index (χ3v) is 5.98. The van der Waals surface area contributed by atoms with Gasteiger partial charge in [0.15, 0.2) is 0 Å². The number of nitrogens with zero attached hydrogens (tertiary/aromatic N) is 3. The van der Waals surface area contributed by atoms with E-state index in [2.05, 4.69) is 29.4 Å². The lowest BCUT2D eigenvalue weighted by molar-refractivity contribution is -0.127. The van der Waals surface area contributed by atoms with Crippen LogP contribution in [-0.4, -0.2) is 39.5 Å². The molecule has 3 aromatic rings. The van der Waals surface area contributed by atoms with Gasteiger partial charge in [-0.15, -0.1) is 0 Å². The number of likely N-dealkylation sites (tertiary alicyclic amines) is 1. The van der Waals surface area contributed by atoms with E-state index in [9.17, 15) is 9.59 Å². The van der Waals surface area contributed by atoms with Gasteiger partial charge in [-0.25, -0.2) is 4.68 Å². The highest BCUT2D eigenvalue weighted by Gasteiger charge is 2.31. The minimum atomic E-state index is -0.450. The van der Waals surface area contributed by atoms with Crippen LogP contribution < -0.4 is 0 Å². The van der Waals surface area contributed by atoms with Crippen molar-refractivity contribution < 1.29 is 9.59 Å². The summed E-state index contributed by atoms with van der Waals surface area (Å²) in [5, 5.41) is 4.51. The highest BCUT2D eigenvalue weighted by molar-refractivity contribution is 6.43. The zero-order chi connectivity index (χ0) is 21.1. The van der Waals surface area contributed by atoms with Gasteiger partial charge in [0.2, 0.25) is 0 Å². The van der Waals surface area contributed by atoms with Crippen LogP contribution in [0.2, 0.25) is 0 Å². The van der Waals surface area contributed by atoms with Crippen LogP contribution in [0, 0.1) is 19.8 Å². The van der Waals surface area contributed by atoms with E-state index < -0.39 is 11.7 Å². The second kappa shape index (κ2) is 8.66. The van der Waals surface area contributed by atoms with Crippen LogP contribution in [-0.2, 0) is 11.2 Å². The van der Waals surface area contributed by atoms with Crippen molar-refractivity contribution in [1.29, 1.82) is 0 Å². The molecule has 0 unspecified atom stereocenters. The number of benzene rings is 2. The Morgan fingerprint density at radius 2 is 1.53 bits per heavy atom. The topological polar surface area (TPSA) is 55.2 Å². The van der Waals surface area contributed by atoms with E-state index in [4.69, 9.17) is 0 Å². The van der Waals surface area contributed by atoms with Crippen LogP contribution in [0.4, 0.5) is 0 Å². The molecule has 2 aromatic carbocycles. The number of carbonyl (C=O) groups excluding carboxylic acids is 2. The van der Waals surface area contributed by atoms with E-state index in [0.29, 0.717) is 36.0 Å². The van der Waals surface area contributed by atoms with Crippen LogP contribution in [0.25, 0.3) is 5.69 Å². The van der Waals surface area contributed by atoms with E-state index >= 15 is 0 Å². The first-order valence-electron chi connectivity index (χ1n) is 10.5. The fourth-order valence-electron chi connectivity index (χ4n) is 4.33. The number of Topliss-reactive ketones (excluding diaryl/α,β-unsaturated/α-hetero) is 1.